The molecule has 1 fully saturated rings. The predicted octanol–water partition coefficient (Wildman–Crippen LogP) is 4.85. The van der Waals surface area contributed by atoms with Crippen molar-refractivity contribution in [2.75, 3.05) is 13.9 Å². The van der Waals surface area contributed by atoms with E-state index in [9.17, 15) is 4.79 Å². The second-order valence-electron chi connectivity index (χ2n) is 6.42. The number of halogens is 1. The Morgan fingerprint density at radius 1 is 1.25 bits per heavy atom. The molecule has 0 N–H and O–H groups in total. The van der Waals surface area contributed by atoms with E-state index < -0.39 is 0 Å². The monoisotopic (exact) mass is 446 g/mol. The third-order valence-corrected chi connectivity index (χ3v) is 5.48. The van der Waals surface area contributed by atoms with Crippen molar-refractivity contribution in [3.05, 3.63) is 33.4 Å². The highest BCUT2D eigenvalue weighted by atomic mass is 127. The summed E-state index contributed by atoms with van der Waals surface area (Å²) >= 11 is 2.28. The van der Waals surface area contributed by atoms with Crippen LogP contribution in [-0.2, 0) is 19.0 Å². The molecular weight excluding hydrogens is 419 g/mol. The van der Waals surface area contributed by atoms with Gasteiger partial charge in [-0.2, -0.15) is 0 Å². The molecule has 1 saturated carbocycles. The molecule has 1 aliphatic rings. The number of ether oxygens (including phenoxy) is 3. The highest BCUT2D eigenvalue weighted by molar-refractivity contribution is 14.1. The first-order chi connectivity index (χ1) is 11.6. The summed E-state index contributed by atoms with van der Waals surface area (Å²) in [6, 6.07) is 7.98. The van der Waals surface area contributed by atoms with E-state index in [0.29, 0.717) is 12.3 Å². The lowest BCUT2D eigenvalue weighted by Gasteiger charge is -2.27. The van der Waals surface area contributed by atoms with Gasteiger partial charge in [-0.1, -0.05) is 37.5 Å². The van der Waals surface area contributed by atoms with Crippen molar-refractivity contribution in [1.29, 1.82) is 0 Å². The second-order valence-corrected chi connectivity index (χ2v) is 7.58. The number of esters is 1. The number of carbonyl (C=O) groups is 1. The zero-order valence-electron chi connectivity index (χ0n) is 14.5. The van der Waals surface area contributed by atoms with E-state index in [1.54, 1.807) is 7.11 Å². The van der Waals surface area contributed by atoms with Gasteiger partial charge in [0, 0.05) is 17.1 Å². The standard InChI is InChI=1S/C19H27IO4/c1-14(24-18(21)12-15-8-4-3-5-9-15)19(23-13-22-2)16-10-6-7-11-17(16)20/h6-7,10-11,14-15,19H,3-5,8-9,12-13H2,1-2H3/t14-,19+/m0/s1. The summed E-state index contributed by atoms with van der Waals surface area (Å²) < 4.78 is 17.6. The van der Waals surface area contributed by atoms with Crippen LogP contribution in [0.1, 0.15) is 57.1 Å². The predicted molar refractivity (Wildman–Crippen MR) is 102 cm³/mol. The highest BCUT2D eigenvalue weighted by Crippen LogP contribution is 2.30. The minimum absolute atomic E-state index is 0.119. The minimum atomic E-state index is -0.354. The second kappa shape index (κ2) is 10.4. The van der Waals surface area contributed by atoms with E-state index in [2.05, 4.69) is 22.6 Å². The van der Waals surface area contributed by atoms with Crippen LogP contribution in [0.3, 0.4) is 0 Å². The molecule has 0 aliphatic heterocycles. The first kappa shape index (κ1) is 19.7. The fourth-order valence-electron chi connectivity index (χ4n) is 3.27. The van der Waals surface area contributed by atoms with Crippen LogP contribution >= 0.6 is 22.6 Å². The van der Waals surface area contributed by atoms with Crippen molar-refractivity contribution >= 4 is 28.6 Å². The average Bonchev–Trinajstić information content (AvgIpc) is 2.57. The Morgan fingerprint density at radius 3 is 2.62 bits per heavy atom. The van der Waals surface area contributed by atoms with Gasteiger partial charge < -0.3 is 14.2 Å². The highest BCUT2D eigenvalue weighted by Gasteiger charge is 2.27. The zero-order valence-corrected chi connectivity index (χ0v) is 16.7. The molecule has 1 aromatic carbocycles. The Labute approximate surface area is 158 Å². The molecule has 24 heavy (non-hydrogen) atoms. The number of hydrogen-bond donors (Lipinski definition) is 0. The third kappa shape index (κ3) is 6.01. The molecule has 0 spiro atoms. The molecule has 1 aromatic rings. The maximum atomic E-state index is 12.3. The summed E-state index contributed by atoms with van der Waals surface area (Å²) in [6.07, 6.45) is 5.88. The van der Waals surface area contributed by atoms with Gasteiger partial charge in [-0.25, -0.2) is 0 Å². The Kier molecular flexibility index (Phi) is 8.49. The molecule has 1 aliphatic carbocycles. The molecule has 0 radical (unpaired) electrons. The summed E-state index contributed by atoms with van der Waals surface area (Å²) in [7, 11) is 1.59. The van der Waals surface area contributed by atoms with Crippen LogP contribution in [0.4, 0.5) is 0 Å². The fourth-order valence-corrected chi connectivity index (χ4v) is 3.96. The lowest BCUT2D eigenvalue weighted by Crippen LogP contribution is -2.27. The number of hydrogen-bond acceptors (Lipinski definition) is 4. The van der Waals surface area contributed by atoms with Crippen LogP contribution in [0.5, 0.6) is 0 Å². The maximum absolute atomic E-state index is 12.3. The Hall–Kier alpha value is -0.660. The maximum Gasteiger partial charge on any atom is 0.306 e. The smallest absolute Gasteiger partial charge is 0.306 e. The van der Waals surface area contributed by atoms with Crippen molar-refractivity contribution in [3.63, 3.8) is 0 Å². The first-order valence-electron chi connectivity index (χ1n) is 8.66. The van der Waals surface area contributed by atoms with E-state index in [-0.39, 0.29) is 25.0 Å². The van der Waals surface area contributed by atoms with Crippen LogP contribution in [0.15, 0.2) is 24.3 Å². The lowest BCUT2D eigenvalue weighted by molar-refractivity contribution is -0.165. The fraction of sp³-hybridized carbons (Fsp3) is 0.632. The number of rotatable bonds is 8. The van der Waals surface area contributed by atoms with Crippen molar-refractivity contribution in [2.24, 2.45) is 5.92 Å². The van der Waals surface area contributed by atoms with E-state index in [1.165, 1.54) is 19.3 Å². The van der Waals surface area contributed by atoms with Gasteiger partial charge in [-0.15, -0.1) is 0 Å². The summed E-state index contributed by atoms with van der Waals surface area (Å²) in [5, 5.41) is 0. The van der Waals surface area contributed by atoms with E-state index in [1.807, 2.05) is 31.2 Å². The molecule has 4 nitrogen and oxygen atoms in total. The van der Waals surface area contributed by atoms with Crippen LogP contribution in [-0.4, -0.2) is 26.0 Å². The Balaban J connectivity index is 1.97. The minimum Gasteiger partial charge on any atom is -0.460 e. The SMILES string of the molecule is COCO[C@@H](c1ccccc1I)[C@H](C)OC(=O)CC1CCCCC1. The molecule has 134 valence electrons. The van der Waals surface area contributed by atoms with Gasteiger partial charge in [-0.05, 0) is 59.9 Å². The van der Waals surface area contributed by atoms with Crippen molar-refractivity contribution in [2.45, 2.75) is 57.7 Å². The third-order valence-electron chi connectivity index (χ3n) is 4.50. The van der Waals surface area contributed by atoms with Gasteiger partial charge in [-0.3, -0.25) is 4.79 Å². The van der Waals surface area contributed by atoms with Crippen molar-refractivity contribution < 1.29 is 19.0 Å². The van der Waals surface area contributed by atoms with E-state index >= 15 is 0 Å². The molecule has 0 bridgehead atoms. The summed E-state index contributed by atoms with van der Waals surface area (Å²) in [6.45, 7) is 2.06. The number of benzene rings is 1. The van der Waals surface area contributed by atoms with Gasteiger partial charge in [0.05, 0.1) is 0 Å². The van der Waals surface area contributed by atoms with Crippen molar-refractivity contribution in [3.8, 4) is 0 Å². The van der Waals surface area contributed by atoms with E-state index in [0.717, 1.165) is 22.0 Å². The first-order valence-corrected chi connectivity index (χ1v) is 9.74. The molecule has 2 rings (SSSR count). The molecule has 5 heteroatoms. The zero-order chi connectivity index (χ0) is 17.4. The molecule has 0 amide bonds. The van der Waals surface area contributed by atoms with Crippen LogP contribution < -0.4 is 0 Å². The van der Waals surface area contributed by atoms with Crippen LogP contribution in [0.2, 0.25) is 0 Å². The molecule has 0 heterocycles. The average molecular weight is 446 g/mol. The molecular formula is C19H27IO4. The normalized spacial score (nSPS) is 18.1. The quantitative estimate of drug-likeness (QED) is 0.325. The van der Waals surface area contributed by atoms with Gasteiger partial charge >= 0.3 is 5.97 Å². The largest absolute Gasteiger partial charge is 0.460 e. The topological polar surface area (TPSA) is 44.8 Å². The Morgan fingerprint density at radius 2 is 1.96 bits per heavy atom. The molecule has 0 aromatic heterocycles. The van der Waals surface area contributed by atoms with E-state index in [4.69, 9.17) is 14.2 Å². The van der Waals surface area contributed by atoms with Crippen molar-refractivity contribution in [1.82, 2.24) is 0 Å². The lowest BCUT2D eigenvalue weighted by atomic mass is 9.87. The summed E-state index contributed by atoms with van der Waals surface area (Å²) in [5.41, 5.74) is 1.02. The van der Waals surface area contributed by atoms with Gasteiger partial charge in [0.2, 0.25) is 0 Å². The van der Waals surface area contributed by atoms with Gasteiger partial charge in [0.1, 0.15) is 19.0 Å². The molecule has 2 atom stereocenters. The van der Waals surface area contributed by atoms with Crippen LogP contribution in [0.25, 0.3) is 0 Å². The number of carbonyl (C=O) groups excluding carboxylic acids is 1. The summed E-state index contributed by atoms with van der Waals surface area (Å²) in [4.78, 5) is 12.3. The molecule has 0 saturated heterocycles. The van der Waals surface area contributed by atoms with Gasteiger partial charge in [0.15, 0.2) is 0 Å². The number of methoxy groups -OCH3 is 1. The van der Waals surface area contributed by atoms with Gasteiger partial charge in [0.25, 0.3) is 0 Å². The van der Waals surface area contributed by atoms with Crippen LogP contribution in [0, 0.1) is 9.49 Å². The summed E-state index contributed by atoms with van der Waals surface area (Å²) in [5.74, 6) is 0.361. The Bertz CT molecular complexity index is 514. The molecule has 0 unspecified atom stereocenters.